The summed E-state index contributed by atoms with van der Waals surface area (Å²) < 4.78 is 0. The van der Waals surface area contributed by atoms with Crippen LogP contribution in [0.25, 0.3) is 0 Å². The number of nitrogens with one attached hydrogen (secondary N) is 1. The van der Waals surface area contributed by atoms with E-state index in [1.807, 2.05) is 0 Å². The second kappa shape index (κ2) is 5.76. The van der Waals surface area contributed by atoms with Crippen LogP contribution in [-0.2, 0) is 4.79 Å². The second-order valence-electron chi connectivity index (χ2n) is 2.23. The van der Waals surface area contributed by atoms with Crippen LogP contribution in [0.2, 0.25) is 0 Å². The summed E-state index contributed by atoms with van der Waals surface area (Å²) >= 11 is 0. The van der Waals surface area contributed by atoms with Gasteiger partial charge in [-0.1, -0.05) is 13.3 Å². The molecule has 2 heteroatoms. The normalized spacial score (nSPS) is 9.56. The molecule has 0 aliphatic heterocycles. The summed E-state index contributed by atoms with van der Waals surface area (Å²) in [4.78, 5) is 10.3. The van der Waals surface area contributed by atoms with Crippen molar-refractivity contribution in [2.75, 3.05) is 13.1 Å². The molecular formula is C7H15NO. The molecule has 9 heavy (non-hydrogen) atoms. The Morgan fingerprint density at radius 2 is 2.22 bits per heavy atom. The zero-order chi connectivity index (χ0) is 7.11. The van der Waals surface area contributed by atoms with E-state index in [1.54, 1.807) is 6.92 Å². The number of carbonyl (C=O) groups excluding carboxylic acids is 1. The van der Waals surface area contributed by atoms with Crippen LogP contribution in [0.3, 0.4) is 0 Å². The molecule has 0 fully saturated rings. The van der Waals surface area contributed by atoms with E-state index in [4.69, 9.17) is 0 Å². The highest BCUT2D eigenvalue weighted by molar-refractivity contribution is 5.77. The smallest absolute Gasteiger partial charge is 0.143 e. The highest BCUT2D eigenvalue weighted by Gasteiger charge is 1.88. The van der Waals surface area contributed by atoms with Gasteiger partial charge in [0.15, 0.2) is 0 Å². The molecule has 0 aromatic heterocycles. The molecule has 0 aliphatic carbocycles. The fourth-order valence-electron chi connectivity index (χ4n) is 0.566. The molecule has 0 saturated heterocycles. The summed E-state index contributed by atoms with van der Waals surface area (Å²) in [6.07, 6.45) is 2.35. The molecule has 2 nitrogen and oxygen atoms in total. The Morgan fingerprint density at radius 3 is 2.67 bits per heavy atom. The van der Waals surface area contributed by atoms with E-state index in [0.29, 0.717) is 6.54 Å². The number of carbonyl (C=O) groups is 1. The van der Waals surface area contributed by atoms with Gasteiger partial charge in [-0.3, -0.25) is 4.79 Å². The van der Waals surface area contributed by atoms with Crippen LogP contribution < -0.4 is 5.32 Å². The van der Waals surface area contributed by atoms with Crippen molar-refractivity contribution in [1.29, 1.82) is 0 Å². The average Bonchev–Trinajstić information content (AvgIpc) is 1.80. The first-order valence-corrected chi connectivity index (χ1v) is 3.47. The maximum Gasteiger partial charge on any atom is 0.143 e. The van der Waals surface area contributed by atoms with Gasteiger partial charge in [0.25, 0.3) is 0 Å². The number of Topliss-reactive ketones (excluding diaryl/α,β-unsaturated/α-hetero) is 1. The standard InChI is InChI=1S/C7H15NO/c1-3-4-5-8-6-7(2)9/h8H,3-6H2,1-2H3. The Bertz CT molecular complexity index is 81.0. The first-order valence-electron chi connectivity index (χ1n) is 3.47. The molecule has 0 atom stereocenters. The van der Waals surface area contributed by atoms with Crippen molar-refractivity contribution in [3.8, 4) is 0 Å². The van der Waals surface area contributed by atoms with Crippen LogP contribution in [0.1, 0.15) is 26.7 Å². The monoisotopic (exact) mass is 129 g/mol. The summed E-state index contributed by atoms with van der Waals surface area (Å²) in [6.45, 7) is 5.23. The van der Waals surface area contributed by atoms with Gasteiger partial charge in [-0.25, -0.2) is 0 Å². The maximum atomic E-state index is 10.3. The Morgan fingerprint density at radius 1 is 1.56 bits per heavy atom. The predicted octanol–water partition coefficient (Wildman–Crippen LogP) is 0.965. The SMILES string of the molecule is CCCCNCC(C)=O. The van der Waals surface area contributed by atoms with Gasteiger partial charge in [0.05, 0.1) is 6.54 Å². The van der Waals surface area contributed by atoms with E-state index >= 15 is 0 Å². The molecular weight excluding hydrogens is 114 g/mol. The van der Waals surface area contributed by atoms with Crippen molar-refractivity contribution >= 4 is 5.78 Å². The van der Waals surface area contributed by atoms with Gasteiger partial charge in [-0.05, 0) is 19.9 Å². The maximum absolute atomic E-state index is 10.3. The molecule has 0 heterocycles. The molecule has 0 unspecified atom stereocenters. The van der Waals surface area contributed by atoms with Crippen LogP contribution in [0.15, 0.2) is 0 Å². The molecule has 0 rings (SSSR count). The molecule has 0 spiro atoms. The lowest BCUT2D eigenvalue weighted by atomic mass is 10.3. The Balaban J connectivity index is 2.83. The molecule has 1 N–H and O–H groups in total. The van der Waals surface area contributed by atoms with E-state index in [1.165, 1.54) is 6.42 Å². The fraction of sp³-hybridized carbons (Fsp3) is 0.857. The van der Waals surface area contributed by atoms with Gasteiger partial charge in [-0.15, -0.1) is 0 Å². The van der Waals surface area contributed by atoms with Gasteiger partial charge in [0, 0.05) is 0 Å². The lowest BCUT2D eigenvalue weighted by molar-refractivity contribution is -0.116. The van der Waals surface area contributed by atoms with Crippen molar-refractivity contribution in [3.63, 3.8) is 0 Å². The van der Waals surface area contributed by atoms with Crippen LogP contribution in [0.4, 0.5) is 0 Å². The number of unbranched alkanes of at least 4 members (excludes halogenated alkanes) is 1. The van der Waals surface area contributed by atoms with Gasteiger partial charge >= 0.3 is 0 Å². The second-order valence-corrected chi connectivity index (χ2v) is 2.23. The van der Waals surface area contributed by atoms with Crippen molar-refractivity contribution in [2.45, 2.75) is 26.7 Å². The Hall–Kier alpha value is -0.370. The average molecular weight is 129 g/mol. The first kappa shape index (κ1) is 8.63. The largest absolute Gasteiger partial charge is 0.310 e. The quantitative estimate of drug-likeness (QED) is 0.560. The van der Waals surface area contributed by atoms with Crippen molar-refractivity contribution in [1.82, 2.24) is 5.32 Å². The molecule has 0 amide bonds. The molecule has 54 valence electrons. The fourth-order valence-corrected chi connectivity index (χ4v) is 0.566. The topological polar surface area (TPSA) is 29.1 Å². The van der Waals surface area contributed by atoms with E-state index < -0.39 is 0 Å². The van der Waals surface area contributed by atoms with Gasteiger partial charge in [-0.2, -0.15) is 0 Å². The van der Waals surface area contributed by atoms with E-state index in [0.717, 1.165) is 13.0 Å². The van der Waals surface area contributed by atoms with Crippen molar-refractivity contribution < 1.29 is 4.79 Å². The Labute approximate surface area is 56.6 Å². The van der Waals surface area contributed by atoms with Crippen LogP contribution in [0.5, 0.6) is 0 Å². The third-order valence-electron chi connectivity index (χ3n) is 1.08. The minimum absolute atomic E-state index is 0.214. The van der Waals surface area contributed by atoms with Gasteiger partial charge in [0.2, 0.25) is 0 Å². The molecule has 0 saturated carbocycles. The number of rotatable bonds is 5. The Kier molecular flexibility index (Phi) is 5.52. The number of hydrogen-bond acceptors (Lipinski definition) is 2. The summed E-state index contributed by atoms with van der Waals surface area (Å²) in [5, 5.41) is 3.04. The molecule has 0 bridgehead atoms. The highest BCUT2D eigenvalue weighted by Crippen LogP contribution is 1.81. The number of ketones is 1. The summed E-state index contributed by atoms with van der Waals surface area (Å²) in [5.74, 6) is 0.214. The summed E-state index contributed by atoms with van der Waals surface area (Å²) in [5.41, 5.74) is 0. The number of hydrogen-bond donors (Lipinski definition) is 1. The van der Waals surface area contributed by atoms with E-state index in [9.17, 15) is 4.79 Å². The molecule has 0 radical (unpaired) electrons. The van der Waals surface area contributed by atoms with E-state index in [2.05, 4.69) is 12.2 Å². The zero-order valence-corrected chi connectivity index (χ0v) is 6.24. The molecule has 0 aromatic carbocycles. The van der Waals surface area contributed by atoms with Crippen LogP contribution >= 0.6 is 0 Å². The molecule has 0 aromatic rings. The minimum Gasteiger partial charge on any atom is -0.310 e. The minimum atomic E-state index is 0.214. The van der Waals surface area contributed by atoms with Gasteiger partial charge < -0.3 is 5.32 Å². The molecule has 0 aliphatic rings. The first-order chi connectivity index (χ1) is 4.27. The third kappa shape index (κ3) is 7.63. The summed E-state index contributed by atoms with van der Waals surface area (Å²) in [7, 11) is 0. The zero-order valence-electron chi connectivity index (χ0n) is 6.24. The van der Waals surface area contributed by atoms with Crippen molar-refractivity contribution in [3.05, 3.63) is 0 Å². The highest BCUT2D eigenvalue weighted by atomic mass is 16.1. The summed E-state index contributed by atoms with van der Waals surface area (Å²) in [6, 6.07) is 0. The van der Waals surface area contributed by atoms with E-state index in [-0.39, 0.29) is 5.78 Å². The van der Waals surface area contributed by atoms with Crippen LogP contribution in [0, 0.1) is 0 Å². The van der Waals surface area contributed by atoms with Crippen molar-refractivity contribution in [2.24, 2.45) is 0 Å². The third-order valence-corrected chi connectivity index (χ3v) is 1.08. The van der Waals surface area contributed by atoms with Crippen LogP contribution in [-0.4, -0.2) is 18.9 Å². The van der Waals surface area contributed by atoms with Gasteiger partial charge in [0.1, 0.15) is 5.78 Å². The predicted molar refractivity (Wildman–Crippen MR) is 38.5 cm³/mol. The lowest BCUT2D eigenvalue weighted by Gasteiger charge is -1.97. The lowest BCUT2D eigenvalue weighted by Crippen LogP contribution is -2.21.